The summed E-state index contributed by atoms with van der Waals surface area (Å²) in [6.07, 6.45) is 5.35. The average molecular weight is 417 g/mol. The Morgan fingerprint density at radius 2 is 1.90 bits per heavy atom. The fraction of sp³-hybridized carbons (Fsp3) is 0.565. The number of rotatable bonds is 7. The van der Waals surface area contributed by atoms with E-state index >= 15 is 0 Å². The van der Waals surface area contributed by atoms with Crippen molar-refractivity contribution in [1.82, 2.24) is 10.2 Å². The number of likely N-dealkylation sites (tertiary alicyclic amines) is 1. The van der Waals surface area contributed by atoms with Crippen molar-refractivity contribution in [3.63, 3.8) is 0 Å². The van der Waals surface area contributed by atoms with Gasteiger partial charge in [-0.15, -0.1) is 0 Å². The smallest absolute Gasteiger partial charge is 0.407 e. The molecule has 7 heteroatoms. The Morgan fingerprint density at radius 1 is 1.20 bits per heavy atom. The van der Waals surface area contributed by atoms with E-state index in [0.717, 1.165) is 37.0 Å². The molecule has 1 aliphatic carbocycles. The lowest BCUT2D eigenvalue weighted by molar-refractivity contribution is -0.126. The number of allylic oxidation sites excluding steroid dienone is 2. The van der Waals surface area contributed by atoms with Crippen LogP contribution in [0.4, 0.5) is 4.79 Å². The molecule has 0 spiro atoms. The Labute approximate surface area is 177 Å². The van der Waals surface area contributed by atoms with Gasteiger partial charge in [-0.1, -0.05) is 18.2 Å². The second-order valence-corrected chi connectivity index (χ2v) is 8.34. The number of benzene rings is 1. The van der Waals surface area contributed by atoms with Crippen molar-refractivity contribution in [3.8, 4) is 5.75 Å². The highest BCUT2D eigenvalue weighted by atomic mass is 16.5. The maximum atomic E-state index is 12.2. The molecular formula is C23H32N2O5. The van der Waals surface area contributed by atoms with E-state index in [-0.39, 0.29) is 24.5 Å². The van der Waals surface area contributed by atoms with Crippen LogP contribution in [0.15, 0.2) is 30.3 Å². The van der Waals surface area contributed by atoms with Gasteiger partial charge in [0.1, 0.15) is 5.75 Å². The zero-order valence-corrected chi connectivity index (χ0v) is 17.5. The van der Waals surface area contributed by atoms with E-state index in [0.29, 0.717) is 32.0 Å². The molecule has 164 valence electrons. The molecule has 2 amide bonds. The van der Waals surface area contributed by atoms with Crippen molar-refractivity contribution in [3.05, 3.63) is 35.9 Å². The summed E-state index contributed by atoms with van der Waals surface area (Å²) in [5, 5.41) is 20.9. The van der Waals surface area contributed by atoms with Gasteiger partial charge >= 0.3 is 6.09 Å². The Balaban J connectivity index is 1.46. The van der Waals surface area contributed by atoms with Crippen LogP contribution in [0.2, 0.25) is 0 Å². The number of carbonyl (C=O) groups is 2. The predicted molar refractivity (Wildman–Crippen MR) is 114 cm³/mol. The number of hydrogen-bond acceptors (Lipinski definition) is 4. The minimum Gasteiger partial charge on any atom is -0.493 e. The molecule has 3 rings (SSSR count). The summed E-state index contributed by atoms with van der Waals surface area (Å²) in [7, 11) is 0. The van der Waals surface area contributed by atoms with Crippen LogP contribution in [0.25, 0.3) is 5.57 Å². The summed E-state index contributed by atoms with van der Waals surface area (Å²) in [5.74, 6) is 1.20. The van der Waals surface area contributed by atoms with Gasteiger partial charge in [-0.05, 0) is 68.2 Å². The summed E-state index contributed by atoms with van der Waals surface area (Å²) in [6.45, 7) is 3.52. The quantitative estimate of drug-likeness (QED) is 0.634. The molecule has 1 aliphatic heterocycles. The summed E-state index contributed by atoms with van der Waals surface area (Å²) < 4.78 is 5.92. The van der Waals surface area contributed by atoms with Crippen molar-refractivity contribution in [1.29, 1.82) is 0 Å². The SMILES string of the molecule is CC(CO)NC(=O)C1CC=C(c2ccc(OCC3CCN(C(=O)O)CC3)cc2)CC1. The lowest BCUT2D eigenvalue weighted by Gasteiger charge is -2.29. The average Bonchev–Trinajstić information content (AvgIpc) is 2.78. The first kappa shape index (κ1) is 22.2. The molecule has 2 atom stereocenters. The Hall–Kier alpha value is -2.54. The second kappa shape index (κ2) is 10.5. The number of carboxylic acid groups (broad SMARTS) is 1. The number of aliphatic hydroxyl groups is 1. The standard InChI is InChI=1S/C23H32N2O5/c1-16(14-26)24-22(27)20-4-2-18(3-5-20)19-6-8-21(9-7-19)30-15-17-10-12-25(13-11-17)23(28)29/h2,6-9,16-17,20,26H,3-5,10-15H2,1H3,(H,24,27)(H,28,29). The molecule has 0 aromatic heterocycles. The van der Waals surface area contributed by atoms with Gasteiger partial charge in [-0.2, -0.15) is 0 Å². The highest BCUT2D eigenvalue weighted by Gasteiger charge is 2.24. The van der Waals surface area contributed by atoms with Crippen LogP contribution in [0.1, 0.15) is 44.6 Å². The van der Waals surface area contributed by atoms with E-state index in [1.165, 1.54) is 10.5 Å². The molecule has 1 aromatic carbocycles. The number of ether oxygens (including phenoxy) is 1. The predicted octanol–water partition coefficient (Wildman–Crippen LogP) is 3.14. The van der Waals surface area contributed by atoms with Gasteiger partial charge in [0.15, 0.2) is 0 Å². The van der Waals surface area contributed by atoms with Crippen molar-refractivity contribution in [2.75, 3.05) is 26.3 Å². The molecule has 1 heterocycles. The fourth-order valence-electron chi connectivity index (χ4n) is 4.01. The summed E-state index contributed by atoms with van der Waals surface area (Å²) >= 11 is 0. The number of aliphatic hydroxyl groups excluding tert-OH is 1. The van der Waals surface area contributed by atoms with E-state index in [9.17, 15) is 9.59 Å². The van der Waals surface area contributed by atoms with E-state index in [2.05, 4.69) is 23.5 Å². The highest BCUT2D eigenvalue weighted by molar-refractivity contribution is 5.80. The molecule has 7 nitrogen and oxygen atoms in total. The van der Waals surface area contributed by atoms with Crippen LogP contribution in [-0.2, 0) is 4.79 Å². The Morgan fingerprint density at radius 3 is 2.47 bits per heavy atom. The lowest BCUT2D eigenvalue weighted by atomic mass is 9.86. The lowest BCUT2D eigenvalue weighted by Crippen LogP contribution is -2.39. The molecule has 0 saturated carbocycles. The van der Waals surface area contributed by atoms with Crippen LogP contribution in [0, 0.1) is 11.8 Å². The molecule has 2 aliphatic rings. The first-order valence-corrected chi connectivity index (χ1v) is 10.8. The molecular weight excluding hydrogens is 384 g/mol. The molecule has 0 bridgehead atoms. The van der Waals surface area contributed by atoms with Crippen LogP contribution < -0.4 is 10.1 Å². The fourth-order valence-corrected chi connectivity index (χ4v) is 4.01. The van der Waals surface area contributed by atoms with Gasteiger partial charge in [0.25, 0.3) is 0 Å². The second-order valence-electron chi connectivity index (χ2n) is 8.34. The Kier molecular flexibility index (Phi) is 7.74. The minimum atomic E-state index is -0.839. The molecule has 30 heavy (non-hydrogen) atoms. The molecule has 3 N–H and O–H groups in total. The van der Waals surface area contributed by atoms with E-state index in [1.807, 2.05) is 12.1 Å². The molecule has 1 saturated heterocycles. The first-order valence-electron chi connectivity index (χ1n) is 10.8. The van der Waals surface area contributed by atoms with Gasteiger partial charge in [0.05, 0.1) is 13.2 Å². The topological polar surface area (TPSA) is 99.1 Å². The number of nitrogens with zero attached hydrogens (tertiary/aromatic N) is 1. The van der Waals surface area contributed by atoms with Gasteiger partial charge in [0.2, 0.25) is 5.91 Å². The van der Waals surface area contributed by atoms with Crippen molar-refractivity contribution in [2.45, 2.75) is 45.1 Å². The number of carbonyl (C=O) groups excluding carboxylic acids is 1. The Bertz CT molecular complexity index is 753. The highest BCUT2D eigenvalue weighted by Crippen LogP contribution is 2.31. The largest absolute Gasteiger partial charge is 0.493 e. The number of hydrogen-bond donors (Lipinski definition) is 3. The van der Waals surface area contributed by atoms with E-state index in [1.54, 1.807) is 6.92 Å². The number of nitrogens with one attached hydrogen (secondary N) is 1. The maximum absolute atomic E-state index is 12.2. The molecule has 1 fully saturated rings. The van der Waals surface area contributed by atoms with Gasteiger partial charge in [0, 0.05) is 25.0 Å². The van der Waals surface area contributed by atoms with Gasteiger partial charge in [-0.25, -0.2) is 4.79 Å². The van der Waals surface area contributed by atoms with Crippen molar-refractivity contribution in [2.24, 2.45) is 11.8 Å². The summed E-state index contributed by atoms with van der Waals surface area (Å²) in [6, 6.07) is 7.86. The monoisotopic (exact) mass is 416 g/mol. The van der Waals surface area contributed by atoms with Crippen molar-refractivity contribution >= 4 is 17.6 Å². The van der Waals surface area contributed by atoms with E-state index < -0.39 is 6.09 Å². The first-order chi connectivity index (χ1) is 14.5. The molecule has 2 unspecified atom stereocenters. The summed E-state index contributed by atoms with van der Waals surface area (Å²) in [4.78, 5) is 24.6. The molecule has 0 radical (unpaired) electrons. The maximum Gasteiger partial charge on any atom is 0.407 e. The summed E-state index contributed by atoms with van der Waals surface area (Å²) in [5.41, 5.74) is 2.40. The van der Waals surface area contributed by atoms with Crippen LogP contribution in [0.5, 0.6) is 5.75 Å². The third-order valence-corrected chi connectivity index (χ3v) is 6.04. The van der Waals surface area contributed by atoms with Crippen LogP contribution in [-0.4, -0.2) is 59.5 Å². The van der Waals surface area contributed by atoms with Gasteiger partial charge < -0.3 is 25.2 Å². The normalized spacial score (nSPS) is 20.9. The third-order valence-electron chi connectivity index (χ3n) is 6.04. The zero-order valence-electron chi connectivity index (χ0n) is 17.5. The minimum absolute atomic E-state index is 0.0183. The zero-order chi connectivity index (χ0) is 21.5. The number of piperidine rings is 1. The van der Waals surface area contributed by atoms with Crippen LogP contribution >= 0.6 is 0 Å². The van der Waals surface area contributed by atoms with E-state index in [4.69, 9.17) is 14.9 Å². The number of amides is 2. The molecule has 1 aromatic rings. The van der Waals surface area contributed by atoms with Crippen LogP contribution in [0.3, 0.4) is 0 Å². The van der Waals surface area contributed by atoms with Crippen molar-refractivity contribution < 1.29 is 24.5 Å². The van der Waals surface area contributed by atoms with Gasteiger partial charge in [-0.3, -0.25) is 4.79 Å². The third kappa shape index (κ3) is 5.98.